The molecule has 1 aromatic rings. The summed E-state index contributed by atoms with van der Waals surface area (Å²) in [4.78, 5) is 10.2. The summed E-state index contributed by atoms with van der Waals surface area (Å²) in [6, 6.07) is 0. The molecule has 0 aliphatic rings. The molecule has 1 rings (SSSR count). The lowest BCUT2D eigenvalue weighted by Crippen LogP contribution is -2.21. The molecule has 0 amide bonds. The Balaban J connectivity index is 2.63. The van der Waals surface area contributed by atoms with E-state index in [4.69, 9.17) is 22.7 Å². The monoisotopic (exact) mass is 226 g/mol. The average Bonchev–Trinajstić information content (AvgIpc) is 2.17. The SMILES string of the molecule is CN(C)CCOc1nccnc1C(N)=S. The Hall–Kier alpha value is -1.27. The molecule has 0 radical (unpaired) electrons. The van der Waals surface area contributed by atoms with Crippen LogP contribution in [0.4, 0.5) is 0 Å². The van der Waals surface area contributed by atoms with E-state index in [-0.39, 0.29) is 4.99 Å². The summed E-state index contributed by atoms with van der Waals surface area (Å²) in [5, 5.41) is 0. The van der Waals surface area contributed by atoms with Crippen LogP contribution in [0.3, 0.4) is 0 Å². The quantitative estimate of drug-likeness (QED) is 0.716. The number of rotatable bonds is 5. The highest BCUT2D eigenvalue weighted by Crippen LogP contribution is 2.10. The van der Waals surface area contributed by atoms with Crippen molar-refractivity contribution in [2.75, 3.05) is 27.2 Å². The lowest BCUT2D eigenvalue weighted by atomic mass is 10.4. The molecule has 0 fully saturated rings. The van der Waals surface area contributed by atoms with Gasteiger partial charge in [0, 0.05) is 18.9 Å². The number of nitrogens with two attached hydrogens (primary N) is 1. The first kappa shape index (κ1) is 11.8. The molecule has 0 saturated heterocycles. The number of aromatic nitrogens is 2. The van der Waals surface area contributed by atoms with Crippen molar-refractivity contribution in [3.05, 3.63) is 18.1 Å². The van der Waals surface area contributed by atoms with Crippen LogP contribution in [0.5, 0.6) is 5.88 Å². The molecular weight excluding hydrogens is 212 g/mol. The molecule has 0 spiro atoms. The van der Waals surface area contributed by atoms with Gasteiger partial charge < -0.3 is 15.4 Å². The summed E-state index contributed by atoms with van der Waals surface area (Å²) in [5.41, 5.74) is 5.92. The summed E-state index contributed by atoms with van der Waals surface area (Å²) in [6.45, 7) is 1.33. The Labute approximate surface area is 94.3 Å². The molecule has 0 aromatic carbocycles. The average molecular weight is 226 g/mol. The number of likely N-dealkylation sites (N-methyl/N-ethyl adjacent to an activating group) is 1. The second-order valence-electron chi connectivity index (χ2n) is 3.23. The van der Waals surface area contributed by atoms with Crippen molar-refractivity contribution < 1.29 is 4.74 Å². The fraction of sp³-hybridized carbons (Fsp3) is 0.444. The van der Waals surface area contributed by atoms with Gasteiger partial charge in [0.25, 0.3) is 0 Å². The zero-order valence-electron chi connectivity index (χ0n) is 8.80. The van der Waals surface area contributed by atoms with Crippen molar-refractivity contribution in [1.82, 2.24) is 14.9 Å². The van der Waals surface area contributed by atoms with E-state index < -0.39 is 0 Å². The first-order valence-electron chi connectivity index (χ1n) is 4.49. The van der Waals surface area contributed by atoms with E-state index in [1.54, 1.807) is 6.20 Å². The summed E-state index contributed by atoms with van der Waals surface area (Å²) < 4.78 is 5.43. The Kier molecular flexibility index (Phi) is 4.38. The summed E-state index contributed by atoms with van der Waals surface area (Å²) in [7, 11) is 3.93. The van der Waals surface area contributed by atoms with Gasteiger partial charge in [-0.25, -0.2) is 9.97 Å². The van der Waals surface area contributed by atoms with Crippen LogP contribution in [0.2, 0.25) is 0 Å². The molecular formula is C9H14N4OS. The van der Waals surface area contributed by atoms with Gasteiger partial charge in [0.1, 0.15) is 11.6 Å². The zero-order chi connectivity index (χ0) is 11.3. The van der Waals surface area contributed by atoms with Crippen LogP contribution >= 0.6 is 12.2 Å². The molecule has 6 heteroatoms. The zero-order valence-corrected chi connectivity index (χ0v) is 9.62. The minimum atomic E-state index is 0.197. The van der Waals surface area contributed by atoms with Gasteiger partial charge in [0.2, 0.25) is 5.88 Å². The van der Waals surface area contributed by atoms with Crippen LogP contribution in [-0.2, 0) is 0 Å². The fourth-order valence-electron chi connectivity index (χ4n) is 0.925. The van der Waals surface area contributed by atoms with Crippen LogP contribution in [-0.4, -0.2) is 47.1 Å². The third-order valence-corrected chi connectivity index (χ3v) is 1.87. The van der Waals surface area contributed by atoms with E-state index in [1.165, 1.54) is 6.20 Å². The predicted octanol–water partition coefficient (Wildman–Crippen LogP) is 0.0512. The Morgan fingerprint density at radius 3 is 2.73 bits per heavy atom. The van der Waals surface area contributed by atoms with Crippen molar-refractivity contribution in [2.45, 2.75) is 0 Å². The topological polar surface area (TPSA) is 64.3 Å². The first-order chi connectivity index (χ1) is 7.11. The molecule has 0 aliphatic heterocycles. The number of ether oxygens (including phenoxy) is 1. The minimum Gasteiger partial charge on any atom is -0.475 e. The first-order valence-corrected chi connectivity index (χ1v) is 4.90. The molecule has 1 aromatic heterocycles. The van der Waals surface area contributed by atoms with Crippen LogP contribution in [0.15, 0.2) is 12.4 Å². The van der Waals surface area contributed by atoms with Gasteiger partial charge in [-0.05, 0) is 14.1 Å². The van der Waals surface area contributed by atoms with Crippen molar-refractivity contribution in [2.24, 2.45) is 5.73 Å². The van der Waals surface area contributed by atoms with E-state index in [9.17, 15) is 0 Å². The molecule has 0 atom stereocenters. The summed E-state index contributed by atoms with van der Waals surface area (Å²) >= 11 is 4.84. The highest BCUT2D eigenvalue weighted by atomic mass is 32.1. The van der Waals surface area contributed by atoms with Crippen LogP contribution in [0.1, 0.15) is 5.69 Å². The number of nitrogens with zero attached hydrogens (tertiary/aromatic N) is 3. The summed E-state index contributed by atoms with van der Waals surface area (Å²) in [6.07, 6.45) is 3.08. The highest BCUT2D eigenvalue weighted by molar-refractivity contribution is 7.80. The maximum absolute atomic E-state index is 5.48. The van der Waals surface area contributed by atoms with Crippen molar-refractivity contribution in [1.29, 1.82) is 0 Å². The van der Waals surface area contributed by atoms with Crippen molar-refractivity contribution in [3.63, 3.8) is 0 Å². The van der Waals surface area contributed by atoms with Gasteiger partial charge in [-0.2, -0.15) is 0 Å². The molecule has 0 bridgehead atoms. The molecule has 5 nitrogen and oxygen atoms in total. The third kappa shape index (κ3) is 3.77. The second-order valence-corrected chi connectivity index (χ2v) is 3.67. The van der Waals surface area contributed by atoms with Crippen LogP contribution < -0.4 is 10.5 Å². The van der Waals surface area contributed by atoms with Crippen LogP contribution in [0, 0.1) is 0 Å². The highest BCUT2D eigenvalue weighted by Gasteiger charge is 2.08. The largest absolute Gasteiger partial charge is 0.475 e. The standard InChI is InChI=1S/C9H14N4OS/c1-13(2)5-6-14-9-7(8(10)15)11-3-4-12-9/h3-4H,5-6H2,1-2H3,(H2,10,15). The van der Waals surface area contributed by atoms with Crippen molar-refractivity contribution in [3.8, 4) is 5.88 Å². The normalized spacial score (nSPS) is 10.3. The van der Waals surface area contributed by atoms with Gasteiger partial charge in [-0.15, -0.1) is 0 Å². The molecule has 0 aliphatic carbocycles. The number of hydrogen-bond donors (Lipinski definition) is 1. The van der Waals surface area contributed by atoms with Crippen LogP contribution in [0.25, 0.3) is 0 Å². The molecule has 0 unspecified atom stereocenters. The Morgan fingerprint density at radius 2 is 2.13 bits per heavy atom. The van der Waals surface area contributed by atoms with Gasteiger partial charge in [-0.3, -0.25) is 0 Å². The third-order valence-electron chi connectivity index (χ3n) is 1.68. The van der Waals surface area contributed by atoms with Gasteiger partial charge >= 0.3 is 0 Å². The van der Waals surface area contributed by atoms with E-state index in [2.05, 4.69) is 9.97 Å². The van der Waals surface area contributed by atoms with E-state index in [0.29, 0.717) is 18.2 Å². The lowest BCUT2D eigenvalue weighted by molar-refractivity contribution is 0.252. The fourth-order valence-corrected chi connectivity index (χ4v) is 1.06. The summed E-state index contributed by atoms with van der Waals surface area (Å²) in [5.74, 6) is 0.395. The maximum Gasteiger partial charge on any atom is 0.243 e. The number of hydrogen-bond acceptors (Lipinski definition) is 5. The van der Waals surface area contributed by atoms with E-state index in [1.807, 2.05) is 19.0 Å². The predicted molar refractivity (Wildman–Crippen MR) is 62.0 cm³/mol. The van der Waals surface area contributed by atoms with E-state index in [0.717, 1.165) is 6.54 Å². The Morgan fingerprint density at radius 1 is 1.47 bits per heavy atom. The van der Waals surface area contributed by atoms with Gasteiger partial charge in [0.05, 0.1) is 0 Å². The molecule has 82 valence electrons. The van der Waals surface area contributed by atoms with Crippen molar-refractivity contribution >= 4 is 17.2 Å². The smallest absolute Gasteiger partial charge is 0.243 e. The van der Waals surface area contributed by atoms with E-state index >= 15 is 0 Å². The molecule has 2 N–H and O–H groups in total. The number of thiocarbonyl (C=S) groups is 1. The maximum atomic E-state index is 5.48. The second kappa shape index (κ2) is 5.57. The minimum absolute atomic E-state index is 0.197. The molecule has 15 heavy (non-hydrogen) atoms. The van der Waals surface area contributed by atoms with Gasteiger partial charge in [0.15, 0.2) is 5.69 Å². The molecule has 0 saturated carbocycles. The Bertz CT molecular complexity index is 343. The molecule has 1 heterocycles. The van der Waals surface area contributed by atoms with Gasteiger partial charge in [-0.1, -0.05) is 12.2 Å². The lowest BCUT2D eigenvalue weighted by Gasteiger charge is -2.11.